The molecule has 0 bridgehead atoms. The zero-order valence-electron chi connectivity index (χ0n) is 9.27. The topological polar surface area (TPSA) is 24.9 Å². The molecule has 0 fully saturated rings. The summed E-state index contributed by atoms with van der Waals surface area (Å²) in [6.07, 6.45) is 1.46. The van der Waals surface area contributed by atoms with Crippen molar-refractivity contribution in [3.63, 3.8) is 0 Å². The Morgan fingerprint density at radius 1 is 1.18 bits per heavy atom. The van der Waals surface area contributed by atoms with E-state index in [-0.39, 0.29) is 0 Å². The van der Waals surface area contributed by atoms with E-state index in [4.69, 9.17) is 0 Å². The molecule has 0 atom stereocenters. The largest absolute Gasteiger partial charge is 0.384 e. The third-order valence-electron chi connectivity index (χ3n) is 2.17. The minimum Gasteiger partial charge on any atom is -0.384 e. The van der Waals surface area contributed by atoms with Gasteiger partial charge in [-0.15, -0.1) is 11.8 Å². The molecule has 2 nitrogen and oxygen atoms in total. The number of aromatic nitrogens is 1. The summed E-state index contributed by atoms with van der Waals surface area (Å²) in [7, 11) is 0. The summed E-state index contributed by atoms with van der Waals surface area (Å²) in [5.74, 6) is 0.485. The van der Waals surface area contributed by atoms with Crippen LogP contribution < -0.4 is 5.32 Å². The van der Waals surface area contributed by atoms with Crippen molar-refractivity contribution in [2.75, 3.05) is 17.6 Å². The second-order valence-electron chi connectivity index (χ2n) is 3.46. The van der Waals surface area contributed by atoms with Gasteiger partial charge in [0.2, 0.25) is 5.95 Å². The molecule has 0 aliphatic rings. The second-order valence-corrected chi connectivity index (χ2v) is 4.62. The number of hydrogen-bond acceptors (Lipinski definition) is 3. The molecule has 0 spiro atoms. The maximum atomic E-state index is 12.8. The van der Waals surface area contributed by atoms with Crippen LogP contribution in [0.3, 0.4) is 0 Å². The van der Waals surface area contributed by atoms with E-state index in [1.54, 1.807) is 17.8 Å². The summed E-state index contributed by atoms with van der Waals surface area (Å²) in [6.45, 7) is 0.795. The molecule has 17 heavy (non-hydrogen) atoms. The van der Waals surface area contributed by atoms with Gasteiger partial charge in [0.1, 0.15) is 0 Å². The number of nitrogens with one attached hydrogen (secondary N) is 1. The molecule has 1 aromatic heterocycles. The predicted octanol–water partition coefficient (Wildman–Crippen LogP) is 3.42. The molecule has 0 aliphatic carbocycles. The van der Waals surface area contributed by atoms with Crippen molar-refractivity contribution < 1.29 is 4.39 Å². The third kappa shape index (κ3) is 4.07. The van der Waals surface area contributed by atoms with Gasteiger partial charge in [0.05, 0.1) is 0 Å². The van der Waals surface area contributed by atoms with Gasteiger partial charge in [-0.3, -0.25) is 0 Å². The Hall–Kier alpha value is -1.55. The lowest BCUT2D eigenvalue weighted by Crippen LogP contribution is -2.04. The molecular weight excluding hydrogens is 235 g/mol. The maximum absolute atomic E-state index is 12.8. The van der Waals surface area contributed by atoms with Crippen molar-refractivity contribution in [1.29, 1.82) is 0 Å². The Labute approximate surface area is 104 Å². The summed E-state index contributed by atoms with van der Waals surface area (Å²) in [5, 5.41) is 3.15. The third-order valence-corrected chi connectivity index (χ3v) is 3.18. The van der Waals surface area contributed by atoms with Crippen molar-refractivity contribution in [2.45, 2.75) is 4.90 Å². The Kier molecular flexibility index (Phi) is 4.38. The molecule has 0 unspecified atom stereocenters. The molecule has 0 aliphatic heterocycles. The van der Waals surface area contributed by atoms with Crippen LogP contribution in [-0.2, 0) is 0 Å². The van der Waals surface area contributed by atoms with Crippen LogP contribution in [0.5, 0.6) is 0 Å². The summed E-state index contributed by atoms with van der Waals surface area (Å²) >= 11 is 1.77. The van der Waals surface area contributed by atoms with Crippen LogP contribution in [0, 0.1) is 5.95 Å². The minimum atomic E-state index is -0.453. The van der Waals surface area contributed by atoms with E-state index in [9.17, 15) is 4.39 Å². The minimum absolute atomic E-state index is 0.453. The first-order valence-electron chi connectivity index (χ1n) is 5.38. The summed E-state index contributed by atoms with van der Waals surface area (Å²) in [6, 6.07) is 13.4. The number of nitrogens with zero attached hydrogens (tertiary/aromatic N) is 1. The number of rotatable bonds is 5. The van der Waals surface area contributed by atoms with Crippen LogP contribution in [0.25, 0.3) is 0 Å². The first-order valence-corrected chi connectivity index (χ1v) is 6.36. The van der Waals surface area contributed by atoms with Crippen LogP contribution in [0.4, 0.5) is 10.1 Å². The zero-order valence-corrected chi connectivity index (χ0v) is 10.1. The molecule has 4 heteroatoms. The fourth-order valence-electron chi connectivity index (χ4n) is 1.39. The normalized spacial score (nSPS) is 10.2. The van der Waals surface area contributed by atoms with Gasteiger partial charge >= 0.3 is 0 Å². The molecule has 0 saturated heterocycles. The highest BCUT2D eigenvalue weighted by atomic mass is 32.2. The number of benzene rings is 1. The lowest BCUT2D eigenvalue weighted by molar-refractivity contribution is 0.584. The molecule has 1 aromatic carbocycles. The number of anilines is 1. The van der Waals surface area contributed by atoms with Crippen molar-refractivity contribution in [3.05, 3.63) is 54.6 Å². The van der Waals surface area contributed by atoms with Gasteiger partial charge in [0.15, 0.2) is 0 Å². The SMILES string of the molecule is Fc1cc(NCCSc2ccccc2)ccn1. The van der Waals surface area contributed by atoms with Crippen LogP contribution in [-0.4, -0.2) is 17.3 Å². The summed E-state index contributed by atoms with van der Waals surface area (Å²) < 4.78 is 12.8. The van der Waals surface area contributed by atoms with Crippen molar-refractivity contribution in [1.82, 2.24) is 4.98 Å². The van der Waals surface area contributed by atoms with E-state index in [2.05, 4.69) is 22.4 Å². The van der Waals surface area contributed by atoms with E-state index in [1.165, 1.54) is 17.2 Å². The Bertz CT molecular complexity index is 462. The number of halogens is 1. The molecule has 88 valence electrons. The molecule has 1 N–H and O–H groups in total. The highest BCUT2D eigenvalue weighted by molar-refractivity contribution is 7.99. The Morgan fingerprint density at radius 2 is 2.00 bits per heavy atom. The standard InChI is InChI=1S/C13H13FN2S/c14-13-10-11(6-7-16-13)15-8-9-17-12-4-2-1-3-5-12/h1-7,10H,8-9H2,(H,15,16). The van der Waals surface area contributed by atoms with Crippen LogP contribution in [0.15, 0.2) is 53.6 Å². The van der Waals surface area contributed by atoms with Gasteiger partial charge in [-0.2, -0.15) is 4.39 Å². The molecule has 0 saturated carbocycles. The molecule has 0 amide bonds. The zero-order chi connectivity index (χ0) is 11.9. The highest BCUT2D eigenvalue weighted by Gasteiger charge is 1.96. The van der Waals surface area contributed by atoms with E-state index >= 15 is 0 Å². The number of thioether (sulfide) groups is 1. The second kappa shape index (κ2) is 6.25. The van der Waals surface area contributed by atoms with E-state index in [0.717, 1.165) is 18.0 Å². The molecule has 0 radical (unpaired) electrons. The summed E-state index contributed by atoms with van der Waals surface area (Å²) in [5.41, 5.74) is 0.770. The van der Waals surface area contributed by atoms with Crippen LogP contribution in [0.1, 0.15) is 0 Å². The average Bonchev–Trinajstić information content (AvgIpc) is 2.36. The fraction of sp³-hybridized carbons (Fsp3) is 0.154. The molecule has 1 heterocycles. The first kappa shape index (κ1) is 11.9. The van der Waals surface area contributed by atoms with Crippen molar-refractivity contribution >= 4 is 17.4 Å². The van der Waals surface area contributed by atoms with Crippen molar-refractivity contribution in [3.8, 4) is 0 Å². The van der Waals surface area contributed by atoms with Crippen molar-refractivity contribution in [2.24, 2.45) is 0 Å². The van der Waals surface area contributed by atoms with Gasteiger partial charge in [-0.05, 0) is 18.2 Å². The van der Waals surface area contributed by atoms with Crippen LogP contribution in [0.2, 0.25) is 0 Å². The van der Waals surface area contributed by atoms with E-state index < -0.39 is 5.95 Å². The maximum Gasteiger partial charge on any atom is 0.214 e. The van der Waals surface area contributed by atoms with Gasteiger partial charge < -0.3 is 5.32 Å². The monoisotopic (exact) mass is 248 g/mol. The molecule has 2 rings (SSSR count). The molecule has 2 aromatic rings. The van der Waals surface area contributed by atoms with Crippen LogP contribution >= 0.6 is 11.8 Å². The quantitative estimate of drug-likeness (QED) is 0.498. The Morgan fingerprint density at radius 3 is 2.76 bits per heavy atom. The van der Waals surface area contributed by atoms with E-state index in [1.807, 2.05) is 18.2 Å². The number of hydrogen-bond donors (Lipinski definition) is 1. The fourth-order valence-corrected chi connectivity index (χ4v) is 2.18. The smallest absolute Gasteiger partial charge is 0.214 e. The lowest BCUT2D eigenvalue weighted by atomic mass is 10.4. The average molecular weight is 248 g/mol. The number of pyridine rings is 1. The highest BCUT2D eigenvalue weighted by Crippen LogP contribution is 2.16. The first-order chi connectivity index (χ1) is 8.34. The summed E-state index contributed by atoms with van der Waals surface area (Å²) in [4.78, 5) is 4.75. The van der Waals surface area contributed by atoms with Gasteiger partial charge in [0.25, 0.3) is 0 Å². The van der Waals surface area contributed by atoms with Gasteiger partial charge in [0, 0.05) is 35.1 Å². The molecular formula is C13H13FN2S. The lowest BCUT2D eigenvalue weighted by Gasteiger charge is -2.05. The predicted molar refractivity (Wildman–Crippen MR) is 69.9 cm³/mol. The van der Waals surface area contributed by atoms with Gasteiger partial charge in [-0.25, -0.2) is 4.98 Å². The van der Waals surface area contributed by atoms with E-state index in [0.29, 0.717) is 0 Å². The Balaban J connectivity index is 1.73. The van der Waals surface area contributed by atoms with Gasteiger partial charge in [-0.1, -0.05) is 18.2 Å².